The maximum absolute atomic E-state index is 5.13. The maximum atomic E-state index is 5.13. The van der Waals surface area contributed by atoms with Crippen LogP contribution in [0.25, 0.3) is 49.7 Å². The molecule has 0 bridgehead atoms. The van der Waals surface area contributed by atoms with E-state index in [1.54, 1.807) is 0 Å². The van der Waals surface area contributed by atoms with Gasteiger partial charge in [0, 0.05) is 22.5 Å². The van der Waals surface area contributed by atoms with E-state index in [0.717, 1.165) is 11.3 Å². The van der Waals surface area contributed by atoms with E-state index in [-0.39, 0.29) is 0 Å². The number of hydrogen-bond acceptors (Lipinski definition) is 1. The van der Waals surface area contributed by atoms with Gasteiger partial charge in [-0.25, -0.2) is 4.98 Å². The fraction of sp³-hybridized carbons (Fsp3) is 0.129. The third-order valence-corrected chi connectivity index (χ3v) is 6.90. The van der Waals surface area contributed by atoms with Crippen LogP contribution >= 0.6 is 0 Å². The van der Waals surface area contributed by atoms with E-state index in [2.05, 4.69) is 117 Å². The average molecular weight is 427 g/mol. The van der Waals surface area contributed by atoms with Crippen molar-refractivity contribution >= 4 is 27.3 Å². The number of nitrogens with zero attached hydrogens (tertiary/aromatic N) is 2. The molecule has 2 heteroatoms. The van der Waals surface area contributed by atoms with Crippen molar-refractivity contribution in [3.63, 3.8) is 0 Å². The minimum absolute atomic E-state index is 1.01. The lowest BCUT2D eigenvalue weighted by Gasteiger charge is -2.15. The van der Waals surface area contributed by atoms with Crippen LogP contribution in [0, 0.1) is 27.7 Å². The highest BCUT2D eigenvalue weighted by Gasteiger charge is 2.17. The van der Waals surface area contributed by atoms with Gasteiger partial charge in [0.25, 0.3) is 0 Å². The molecule has 33 heavy (non-hydrogen) atoms. The molecule has 6 rings (SSSR count). The normalized spacial score (nSPS) is 11.6. The first-order valence-electron chi connectivity index (χ1n) is 11.5. The lowest BCUT2D eigenvalue weighted by Crippen LogP contribution is -1.95. The van der Waals surface area contributed by atoms with Crippen molar-refractivity contribution in [3.05, 3.63) is 107 Å². The van der Waals surface area contributed by atoms with Crippen LogP contribution in [0.15, 0.2) is 85.1 Å². The van der Waals surface area contributed by atoms with Crippen molar-refractivity contribution < 1.29 is 0 Å². The van der Waals surface area contributed by atoms with E-state index in [1.807, 2.05) is 0 Å². The van der Waals surface area contributed by atoms with Crippen molar-refractivity contribution in [2.75, 3.05) is 0 Å². The molecule has 0 spiro atoms. The Balaban J connectivity index is 1.75. The minimum atomic E-state index is 1.01. The Morgan fingerprint density at radius 1 is 0.606 bits per heavy atom. The van der Waals surface area contributed by atoms with Crippen LogP contribution in [0.4, 0.5) is 0 Å². The Labute approximate surface area is 194 Å². The molecule has 160 valence electrons. The highest BCUT2D eigenvalue weighted by molar-refractivity contribution is 6.13. The van der Waals surface area contributed by atoms with Crippen LogP contribution < -0.4 is 0 Å². The van der Waals surface area contributed by atoms with Gasteiger partial charge >= 0.3 is 0 Å². The minimum Gasteiger partial charge on any atom is -0.298 e. The van der Waals surface area contributed by atoms with Gasteiger partial charge in [-0.05, 0) is 78.6 Å². The average Bonchev–Trinajstić information content (AvgIpc) is 3.24. The van der Waals surface area contributed by atoms with Gasteiger partial charge in [-0.15, -0.1) is 0 Å². The second-order valence-electron chi connectivity index (χ2n) is 9.14. The lowest BCUT2D eigenvalue weighted by molar-refractivity contribution is 1.25. The Kier molecular flexibility index (Phi) is 4.38. The van der Waals surface area contributed by atoms with E-state index >= 15 is 0 Å². The Bertz CT molecular complexity index is 1680. The Morgan fingerprint density at radius 2 is 1.27 bits per heavy atom. The Morgan fingerprint density at radius 3 is 2.03 bits per heavy atom. The SMILES string of the molecule is Cc1ccccc1-c1cn2c(n1)c1ccccc1c1cc(-c3c(C)cccc3C)cc(C)c12. The first-order valence-corrected chi connectivity index (χ1v) is 11.5. The number of benzene rings is 4. The summed E-state index contributed by atoms with van der Waals surface area (Å²) in [5.74, 6) is 0. The molecule has 0 unspecified atom stereocenters. The zero-order chi connectivity index (χ0) is 22.7. The second kappa shape index (κ2) is 7.31. The van der Waals surface area contributed by atoms with E-state index in [4.69, 9.17) is 4.98 Å². The summed E-state index contributed by atoms with van der Waals surface area (Å²) in [5, 5.41) is 3.70. The molecule has 0 atom stereocenters. The van der Waals surface area contributed by atoms with Gasteiger partial charge in [-0.3, -0.25) is 4.40 Å². The van der Waals surface area contributed by atoms with Gasteiger partial charge in [-0.2, -0.15) is 0 Å². The van der Waals surface area contributed by atoms with Crippen molar-refractivity contribution in [3.8, 4) is 22.4 Å². The highest BCUT2D eigenvalue weighted by Crippen LogP contribution is 2.37. The summed E-state index contributed by atoms with van der Waals surface area (Å²) < 4.78 is 2.29. The second-order valence-corrected chi connectivity index (χ2v) is 9.14. The third kappa shape index (κ3) is 2.98. The fourth-order valence-electron chi connectivity index (χ4n) is 5.36. The number of aromatic nitrogens is 2. The fourth-order valence-corrected chi connectivity index (χ4v) is 5.36. The van der Waals surface area contributed by atoms with Crippen molar-refractivity contribution in [1.82, 2.24) is 9.38 Å². The van der Waals surface area contributed by atoms with Crippen LogP contribution in [0.1, 0.15) is 22.3 Å². The molecule has 2 aromatic heterocycles. The number of hydrogen-bond donors (Lipinski definition) is 0. The number of fused-ring (bicyclic) bond motifs is 6. The van der Waals surface area contributed by atoms with Crippen LogP contribution in [-0.4, -0.2) is 9.38 Å². The molecule has 2 heterocycles. The van der Waals surface area contributed by atoms with Gasteiger partial charge < -0.3 is 0 Å². The van der Waals surface area contributed by atoms with Gasteiger partial charge in [-0.1, -0.05) is 66.7 Å². The van der Waals surface area contributed by atoms with Gasteiger partial charge in [0.15, 0.2) is 0 Å². The Hall–Kier alpha value is -3.91. The van der Waals surface area contributed by atoms with Crippen LogP contribution in [0.3, 0.4) is 0 Å². The smallest absolute Gasteiger partial charge is 0.145 e. The maximum Gasteiger partial charge on any atom is 0.145 e. The highest BCUT2D eigenvalue weighted by atomic mass is 15.0. The van der Waals surface area contributed by atoms with E-state index in [1.165, 1.54) is 60.6 Å². The summed E-state index contributed by atoms with van der Waals surface area (Å²) in [6, 6.07) is 28.4. The van der Waals surface area contributed by atoms with Crippen LogP contribution in [0.5, 0.6) is 0 Å². The summed E-state index contributed by atoms with van der Waals surface area (Å²) in [4.78, 5) is 5.13. The van der Waals surface area contributed by atoms with E-state index < -0.39 is 0 Å². The van der Waals surface area contributed by atoms with Crippen LogP contribution in [-0.2, 0) is 0 Å². The van der Waals surface area contributed by atoms with E-state index in [9.17, 15) is 0 Å². The number of imidazole rings is 1. The van der Waals surface area contributed by atoms with Gasteiger partial charge in [0.05, 0.1) is 11.2 Å². The van der Waals surface area contributed by atoms with Crippen LogP contribution in [0.2, 0.25) is 0 Å². The predicted octanol–water partition coefficient (Wildman–Crippen LogP) is 8.21. The first kappa shape index (κ1) is 19.8. The molecule has 2 nitrogen and oxygen atoms in total. The summed E-state index contributed by atoms with van der Waals surface area (Å²) in [7, 11) is 0. The molecule has 0 amide bonds. The number of aryl methyl sites for hydroxylation is 4. The standard InChI is InChI=1S/C31H26N2/c1-19-10-5-6-13-24(19)28-18-33-30-22(4)16-23(29-20(2)11-9-12-21(29)3)17-27(30)25-14-7-8-15-26(25)31(33)32-28/h5-18H,1-4H3. The molecular weight excluding hydrogens is 400 g/mol. The molecule has 4 aromatic carbocycles. The molecule has 0 aliphatic carbocycles. The molecule has 6 aromatic rings. The zero-order valence-corrected chi connectivity index (χ0v) is 19.5. The summed E-state index contributed by atoms with van der Waals surface area (Å²) in [5.41, 5.74) is 12.2. The molecule has 0 saturated carbocycles. The topological polar surface area (TPSA) is 17.3 Å². The largest absolute Gasteiger partial charge is 0.298 e. The summed E-state index contributed by atoms with van der Waals surface area (Å²) in [6.45, 7) is 8.78. The first-order chi connectivity index (χ1) is 16.0. The molecule has 0 N–H and O–H groups in total. The predicted molar refractivity (Wildman–Crippen MR) is 140 cm³/mol. The van der Waals surface area contributed by atoms with Crippen molar-refractivity contribution in [2.45, 2.75) is 27.7 Å². The molecule has 0 fully saturated rings. The zero-order valence-electron chi connectivity index (χ0n) is 19.5. The quantitative estimate of drug-likeness (QED) is 0.255. The monoisotopic (exact) mass is 426 g/mol. The molecule has 0 saturated heterocycles. The molecule has 0 aliphatic heterocycles. The number of pyridine rings is 1. The van der Waals surface area contributed by atoms with Crippen molar-refractivity contribution in [1.29, 1.82) is 0 Å². The molecular formula is C31H26N2. The summed E-state index contributed by atoms with van der Waals surface area (Å²) in [6.07, 6.45) is 2.21. The molecule has 0 aliphatic rings. The molecule has 0 radical (unpaired) electrons. The number of rotatable bonds is 2. The third-order valence-electron chi connectivity index (χ3n) is 6.90. The lowest BCUT2D eigenvalue weighted by atomic mass is 9.92. The van der Waals surface area contributed by atoms with E-state index in [0.29, 0.717) is 0 Å². The summed E-state index contributed by atoms with van der Waals surface area (Å²) >= 11 is 0. The van der Waals surface area contributed by atoms with Crippen molar-refractivity contribution in [2.24, 2.45) is 0 Å². The van der Waals surface area contributed by atoms with Gasteiger partial charge in [0.1, 0.15) is 5.65 Å². The van der Waals surface area contributed by atoms with Gasteiger partial charge in [0.2, 0.25) is 0 Å².